The molecule has 3 heterocycles. The molecule has 104 valence electrons. The smallest absolute Gasteiger partial charge is 0.0701 e. The maximum Gasteiger partial charge on any atom is 0.0701 e. The molecule has 3 rings (SSSR count). The molecule has 4 atom stereocenters. The first-order valence-corrected chi connectivity index (χ1v) is 9.56. The fourth-order valence-corrected chi connectivity index (χ4v) is 5.80. The Balaban J connectivity index is 1.45. The zero-order valence-corrected chi connectivity index (χ0v) is 12.6. The van der Waals surface area contributed by atoms with Crippen LogP contribution in [0.15, 0.2) is 0 Å². The van der Waals surface area contributed by atoms with Crippen LogP contribution in [0, 0.1) is 5.92 Å². The highest BCUT2D eigenvalue weighted by atomic mass is 32.2. The van der Waals surface area contributed by atoms with E-state index in [1.165, 1.54) is 49.4 Å². The van der Waals surface area contributed by atoms with E-state index in [0.717, 1.165) is 24.4 Å². The number of rotatable bonds is 2. The monoisotopic (exact) mass is 288 g/mol. The van der Waals surface area contributed by atoms with Crippen molar-refractivity contribution in [3.05, 3.63) is 0 Å². The van der Waals surface area contributed by atoms with Gasteiger partial charge < -0.3 is 9.47 Å². The quantitative estimate of drug-likeness (QED) is 0.776. The summed E-state index contributed by atoms with van der Waals surface area (Å²) in [4.78, 5) is 0. The van der Waals surface area contributed by atoms with Crippen molar-refractivity contribution in [1.82, 2.24) is 0 Å². The topological polar surface area (TPSA) is 18.5 Å². The Morgan fingerprint density at radius 1 is 0.833 bits per heavy atom. The van der Waals surface area contributed by atoms with Crippen LogP contribution in [0.5, 0.6) is 0 Å². The molecule has 0 bridgehead atoms. The molecule has 0 radical (unpaired) electrons. The minimum atomic E-state index is 0.532. The van der Waals surface area contributed by atoms with E-state index in [2.05, 4.69) is 23.5 Å². The maximum atomic E-state index is 5.94. The van der Waals surface area contributed by atoms with Crippen LogP contribution in [-0.4, -0.2) is 47.9 Å². The Bertz CT molecular complexity index is 216. The molecule has 0 spiro atoms. The van der Waals surface area contributed by atoms with Gasteiger partial charge in [0.05, 0.1) is 18.8 Å². The summed E-state index contributed by atoms with van der Waals surface area (Å²) < 4.78 is 11.9. The van der Waals surface area contributed by atoms with Gasteiger partial charge >= 0.3 is 0 Å². The van der Waals surface area contributed by atoms with Crippen molar-refractivity contribution in [3.8, 4) is 0 Å². The van der Waals surface area contributed by atoms with Gasteiger partial charge in [0.25, 0.3) is 0 Å². The lowest BCUT2D eigenvalue weighted by molar-refractivity contribution is 0.00613. The molecule has 3 fully saturated rings. The van der Waals surface area contributed by atoms with E-state index < -0.39 is 0 Å². The zero-order valence-electron chi connectivity index (χ0n) is 11.0. The third-order valence-electron chi connectivity index (χ3n) is 4.34. The molecule has 4 heteroatoms. The van der Waals surface area contributed by atoms with E-state index in [0.29, 0.717) is 12.2 Å². The van der Waals surface area contributed by atoms with Crippen LogP contribution in [0.2, 0.25) is 0 Å². The molecule has 0 N–H and O–H groups in total. The second-order valence-electron chi connectivity index (χ2n) is 5.60. The molecular formula is C14H24O2S2. The van der Waals surface area contributed by atoms with E-state index >= 15 is 0 Å². The van der Waals surface area contributed by atoms with Gasteiger partial charge in [-0.3, -0.25) is 0 Å². The Hall–Kier alpha value is 0.620. The average molecular weight is 288 g/mol. The van der Waals surface area contributed by atoms with Gasteiger partial charge in [-0.15, -0.1) is 0 Å². The number of ether oxygens (including phenoxy) is 2. The highest BCUT2D eigenvalue weighted by Gasteiger charge is 2.33. The predicted molar refractivity (Wildman–Crippen MR) is 79.6 cm³/mol. The van der Waals surface area contributed by atoms with E-state index in [4.69, 9.17) is 9.47 Å². The molecule has 0 aromatic carbocycles. The summed E-state index contributed by atoms with van der Waals surface area (Å²) in [6, 6.07) is 0. The summed E-state index contributed by atoms with van der Waals surface area (Å²) in [7, 11) is 0. The fourth-order valence-electron chi connectivity index (χ4n) is 3.22. The minimum Gasteiger partial charge on any atom is -0.377 e. The molecular weight excluding hydrogens is 264 g/mol. The van der Waals surface area contributed by atoms with Crippen molar-refractivity contribution < 1.29 is 9.47 Å². The van der Waals surface area contributed by atoms with Crippen LogP contribution in [0.4, 0.5) is 0 Å². The van der Waals surface area contributed by atoms with Crippen molar-refractivity contribution in [3.63, 3.8) is 0 Å². The number of thioether (sulfide) groups is 2. The lowest BCUT2D eigenvalue weighted by atomic mass is 9.94. The molecule has 0 aromatic heterocycles. The number of hydrogen-bond acceptors (Lipinski definition) is 4. The summed E-state index contributed by atoms with van der Waals surface area (Å²) in [5.41, 5.74) is 0. The minimum absolute atomic E-state index is 0.532. The Labute approximate surface area is 119 Å². The predicted octanol–water partition coefficient (Wildman–Crippen LogP) is 3.20. The molecule has 3 saturated heterocycles. The Kier molecular flexibility index (Phi) is 5.19. The third-order valence-corrected chi connectivity index (χ3v) is 6.95. The van der Waals surface area contributed by atoms with Crippen molar-refractivity contribution in [2.75, 3.05) is 30.5 Å². The first-order valence-electron chi connectivity index (χ1n) is 7.36. The van der Waals surface area contributed by atoms with Crippen molar-refractivity contribution in [2.24, 2.45) is 5.92 Å². The maximum absolute atomic E-state index is 5.94. The van der Waals surface area contributed by atoms with Crippen molar-refractivity contribution >= 4 is 23.5 Å². The van der Waals surface area contributed by atoms with Crippen LogP contribution in [0.3, 0.4) is 0 Å². The molecule has 0 aromatic rings. The van der Waals surface area contributed by atoms with E-state index in [1.54, 1.807) is 0 Å². The van der Waals surface area contributed by atoms with Gasteiger partial charge in [-0.1, -0.05) is 0 Å². The normalized spacial score (nSPS) is 42.7. The van der Waals surface area contributed by atoms with E-state index in [-0.39, 0.29) is 0 Å². The van der Waals surface area contributed by atoms with Crippen LogP contribution in [0.1, 0.15) is 32.1 Å². The van der Waals surface area contributed by atoms with E-state index in [9.17, 15) is 0 Å². The molecule has 3 aliphatic rings. The molecule has 4 unspecified atom stereocenters. The first-order chi connectivity index (χ1) is 8.93. The summed E-state index contributed by atoms with van der Waals surface area (Å²) in [5, 5.41) is 0.762. The third kappa shape index (κ3) is 3.38. The van der Waals surface area contributed by atoms with Crippen LogP contribution >= 0.6 is 23.5 Å². The summed E-state index contributed by atoms with van der Waals surface area (Å²) in [6.45, 7) is 1.96. The van der Waals surface area contributed by atoms with Gasteiger partial charge in [0.2, 0.25) is 0 Å². The Morgan fingerprint density at radius 3 is 2.44 bits per heavy atom. The van der Waals surface area contributed by atoms with Crippen LogP contribution in [0.25, 0.3) is 0 Å². The van der Waals surface area contributed by atoms with Crippen LogP contribution in [-0.2, 0) is 9.47 Å². The first kappa shape index (κ1) is 13.6. The largest absolute Gasteiger partial charge is 0.377 e. The van der Waals surface area contributed by atoms with Gasteiger partial charge in [-0.2, -0.15) is 23.5 Å². The van der Waals surface area contributed by atoms with Gasteiger partial charge in [-0.25, -0.2) is 0 Å². The standard InChI is InChI=1S/C14H24O2S2/c1-2-6-15-12(3-1)14-5-4-11(9-18-14)13-10-17-8-7-16-13/h11-14H,1-10H2. The van der Waals surface area contributed by atoms with E-state index in [1.807, 2.05) is 0 Å². The van der Waals surface area contributed by atoms with Gasteiger partial charge in [0.15, 0.2) is 0 Å². The second kappa shape index (κ2) is 6.87. The summed E-state index contributed by atoms with van der Waals surface area (Å²) in [6.07, 6.45) is 7.69. The lowest BCUT2D eigenvalue weighted by Crippen LogP contribution is -2.39. The second-order valence-corrected chi connectivity index (χ2v) is 8.02. The molecule has 2 nitrogen and oxygen atoms in total. The molecule has 0 amide bonds. The fraction of sp³-hybridized carbons (Fsp3) is 1.00. The molecule has 0 aliphatic carbocycles. The molecule has 18 heavy (non-hydrogen) atoms. The Morgan fingerprint density at radius 2 is 1.78 bits per heavy atom. The highest BCUT2D eigenvalue weighted by Crippen LogP contribution is 2.38. The van der Waals surface area contributed by atoms with Crippen molar-refractivity contribution in [1.29, 1.82) is 0 Å². The summed E-state index contributed by atoms with van der Waals surface area (Å²) in [5.74, 6) is 4.49. The summed E-state index contributed by atoms with van der Waals surface area (Å²) >= 11 is 4.22. The van der Waals surface area contributed by atoms with Gasteiger partial charge in [0, 0.05) is 23.4 Å². The molecule has 3 aliphatic heterocycles. The lowest BCUT2D eigenvalue weighted by Gasteiger charge is -2.38. The van der Waals surface area contributed by atoms with Crippen molar-refractivity contribution in [2.45, 2.75) is 49.6 Å². The molecule has 0 saturated carbocycles. The zero-order chi connectivity index (χ0) is 12.2. The highest BCUT2D eigenvalue weighted by molar-refractivity contribution is 8.00. The van der Waals surface area contributed by atoms with Gasteiger partial charge in [-0.05, 0) is 43.8 Å². The SMILES string of the molecule is C1CCC(C2CCC(C3CSCCO3)CS2)OC1. The number of hydrogen-bond donors (Lipinski definition) is 0. The van der Waals surface area contributed by atoms with Gasteiger partial charge in [0.1, 0.15) is 0 Å². The van der Waals surface area contributed by atoms with Crippen LogP contribution < -0.4 is 0 Å². The average Bonchev–Trinajstić information content (AvgIpc) is 2.49.